The molecule has 7 nitrogen and oxygen atoms in total. The number of hydrogen-bond donors (Lipinski definition) is 1. The summed E-state index contributed by atoms with van der Waals surface area (Å²) in [5.41, 5.74) is 9.66. The number of hydrogen-bond acceptors (Lipinski definition) is 6. The maximum absolute atomic E-state index is 6.10. The van der Waals surface area contributed by atoms with Gasteiger partial charge >= 0.3 is 0 Å². The van der Waals surface area contributed by atoms with Gasteiger partial charge in [0.1, 0.15) is 11.3 Å². The fraction of sp³-hybridized carbons (Fsp3) is 0.412. The van der Waals surface area contributed by atoms with Gasteiger partial charge in [0.2, 0.25) is 0 Å². The number of nitrogens with zero attached hydrogens (tertiary/aromatic N) is 5. The summed E-state index contributed by atoms with van der Waals surface area (Å²) in [6, 6.07) is 4.04. The normalized spacial score (nSPS) is 20.2. The molecule has 0 unspecified atom stereocenters. The summed E-state index contributed by atoms with van der Waals surface area (Å²) < 4.78 is 7.32. The maximum Gasteiger partial charge on any atom is 0.166 e. The van der Waals surface area contributed by atoms with E-state index in [-0.39, 0.29) is 0 Å². The molecule has 3 heterocycles. The van der Waals surface area contributed by atoms with Crippen molar-refractivity contribution < 1.29 is 4.74 Å². The summed E-state index contributed by atoms with van der Waals surface area (Å²) in [4.78, 5) is 18.0. The van der Waals surface area contributed by atoms with Crippen molar-refractivity contribution in [3.05, 3.63) is 41.7 Å². The Labute approximate surface area is 139 Å². The summed E-state index contributed by atoms with van der Waals surface area (Å²) >= 11 is 0. The molecule has 7 heteroatoms. The first-order valence-electron chi connectivity index (χ1n) is 8.06. The van der Waals surface area contributed by atoms with Crippen LogP contribution in [0.15, 0.2) is 24.7 Å². The zero-order valence-corrected chi connectivity index (χ0v) is 13.8. The van der Waals surface area contributed by atoms with Crippen LogP contribution in [-0.2, 0) is 11.3 Å². The first kappa shape index (κ1) is 15.0. The molecule has 1 saturated carbocycles. The molecule has 0 saturated heterocycles. The highest BCUT2D eigenvalue weighted by Gasteiger charge is 2.33. The van der Waals surface area contributed by atoms with Crippen molar-refractivity contribution in [2.24, 2.45) is 0 Å². The van der Waals surface area contributed by atoms with Gasteiger partial charge in [-0.25, -0.2) is 15.0 Å². The van der Waals surface area contributed by atoms with Gasteiger partial charge in [-0.3, -0.25) is 4.98 Å². The van der Waals surface area contributed by atoms with E-state index in [1.54, 1.807) is 13.4 Å². The van der Waals surface area contributed by atoms with E-state index >= 15 is 0 Å². The highest BCUT2D eigenvalue weighted by Crippen LogP contribution is 2.37. The Morgan fingerprint density at radius 3 is 2.88 bits per heavy atom. The topological polar surface area (TPSA) is 91.7 Å². The largest absolute Gasteiger partial charge is 0.382 e. The first-order valence-corrected chi connectivity index (χ1v) is 8.06. The molecule has 4 rings (SSSR count). The Morgan fingerprint density at radius 2 is 2.12 bits per heavy atom. The number of rotatable bonds is 4. The van der Waals surface area contributed by atoms with Gasteiger partial charge in [-0.05, 0) is 37.5 Å². The van der Waals surface area contributed by atoms with Gasteiger partial charge in [-0.2, -0.15) is 0 Å². The molecule has 0 bridgehead atoms. The Kier molecular flexibility index (Phi) is 3.65. The Morgan fingerprint density at radius 1 is 1.29 bits per heavy atom. The van der Waals surface area contributed by atoms with Crippen molar-refractivity contribution in [3.63, 3.8) is 0 Å². The minimum atomic E-state index is 0.303. The third-order valence-corrected chi connectivity index (χ3v) is 4.61. The van der Waals surface area contributed by atoms with Crippen LogP contribution in [0.4, 0.5) is 5.82 Å². The number of fused-ring (bicyclic) bond motifs is 1. The number of aryl methyl sites for hydroxylation is 1. The number of anilines is 1. The predicted octanol–water partition coefficient (Wildman–Crippen LogP) is 2.05. The molecule has 0 atom stereocenters. The Balaban J connectivity index is 1.68. The van der Waals surface area contributed by atoms with Crippen LogP contribution in [0, 0.1) is 6.92 Å². The van der Waals surface area contributed by atoms with E-state index in [0.717, 1.165) is 30.0 Å². The van der Waals surface area contributed by atoms with Crippen LogP contribution in [0.25, 0.3) is 11.2 Å². The number of nitrogen functional groups attached to an aromatic ring is 1. The monoisotopic (exact) mass is 324 g/mol. The van der Waals surface area contributed by atoms with Crippen molar-refractivity contribution >= 4 is 17.0 Å². The third kappa shape index (κ3) is 2.60. The second-order valence-corrected chi connectivity index (χ2v) is 6.36. The molecule has 0 spiro atoms. The summed E-state index contributed by atoms with van der Waals surface area (Å²) in [6.45, 7) is 2.66. The number of ether oxygens (including phenoxy) is 1. The number of imidazole rings is 1. The zero-order chi connectivity index (χ0) is 16.7. The van der Waals surface area contributed by atoms with E-state index in [2.05, 4.69) is 27.9 Å². The van der Waals surface area contributed by atoms with Gasteiger partial charge in [0.15, 0.2) is 11.5 Å². The molecule has 124 valence electrons. The summed E-state index contributed by atoms with van der Waals surface area (Å²) in [7, 11) is 1.74. The summed E-state index contributed by atoms with van der Waals surface area (Å²) in [5, 5.41) is 0. The van der Waals surface area contributed by atoms with Crippen LogP contribution < -0.4 is 5.73 Å². The zero-order valence-electron chi connectivity index (χ0n) is 13.8. The molecule has 3 aromatic rings. The quantitative estimate of drug-likeness (QED) is 0.789. The van der Waals surface area contributed by atoms with Crippen LogP contribution in [-0.4, -0.2) is 37.7 Å². The molecule has 2 N–H and O–H groups in total. The van der Waals surface area contributed by atoms with Crippen LogP contribution in [0.5, 0.6) is 0 Å². The Hall–Kier alpha value is -2.54. The lowest BCUT2D eigenvalue weighted by Crippen LogP contribution is -2.30. The van der Waals surface area contributed by atoms with E-state index in [4.69, 9.17) is 15.5 Å². The van der Waals surface area contributed by atoms with E-state index in [1.165, 1.54) is 5.56 Å². The van der Waals surface area contributed by atoms with Crippen molar-refractivity contribution in [1.82, 2.24) is 24.5 Å². The molecule has 1 aliphatic carbocycles. The average Bonchev–Trinajstić information content (AvgIpc) is 2.90. The van der Waals surface area contributed by atoms with Crippen molar-refractivity contribution in [2.75, 3.05) is 12.8 Å². The molecule has 1 aliphatic rings. The predicted molar refractivity (Wildman–Crippen MR) is 90.6 cm³/mol. The van der Waals surface area contributed by atoms with Crippen molar-refractivity contribution in [3.8, 4) is 0 Å². The second-order valence-electron chi connectivity index (χ2n) is 6.36. The number of methoxy groups -OCH3 is 1. The van der Waals surface area contributed by atoms with Gasteiger partial charge in [0, 0.05) is 19.2 Å². The van der Waals surface area contributed by atoms with Gasteiger partial charge in [0.05, 0.1) is 24.7 Å². The second kappa shape index (κ2) is 5.83. The highest BCUT2D eigenvalue weighted by atomic mass is 16.5. The molecule has 0 aromatic carbocycles. The van der Waals surface area contributed by atoms with E-state index < -0.39 is 0 Å². The van der Waals surface area contributed by atoms with E-state index in [9.17, 15) is 0 Å². The first-order chi connectivity index (χ1) is 11.6. The number of aromatic nitrogens is 5. The summed E-state index contributed by atoms with van der Waals surface area (Å²) in [6.07, 6.45) is 5.75. The molecule has 0 aliphatic heterocycles. The average molecular weight is 324 g/mol. The van der Waals surface area contributed by atoms with Crippen LogP contribution in [0.2, 0.25) is 0 Å². The van der Waals surface area contributed by atoms with Gasteiger partial charge in [0.25, 0.3) is 0 Å². The minimum Gasteiger partial charge on any atom is -0.382 e. The SMILES string of the molecule is COC1CC(c2nc(N)c3ncn(Cc4cc(C)ccn4)c3n2)C1. The Bertz CT molecular complexity index is 884. The van der Waals surface area contributed by atoms with Crippen LogP contribution >= 0.6 is 0 Å². The molecule has 3 aromatic heterocycles. The minimum absolute atomic E-state index is 0.303. The van der Waals surface area contributed by atoms with Crippen LogP contribution in [0.1, 0.15) is 35.8 Å². The van der Waals surface area contributed by atoms with E-state index in [1.807, 2.05) is 16.8 Å². The lowest BCUT2D eigenvalue weighted by atomic mass is 9.81. The molecular weight excluding hydrogens is 304 g/mol. The van der Waals surface area contributed by atoms with E-state index in [0.29, 0.717) is 29.9 Å². The smallest absolute Gasteiger partial charge is 0.166 e. The standard InChI is InChI=1S/C17H20N6O/c1-10-3-4-19-12(5-10)8-23-9-20-14-15(18)21-16(22-17(14)23)11-6-13(7-11)24-2/h3-5,9,11,13H,6-8H2,1-2H3,(H2,18,21,22). The van der Waals surface area contributed by atoms with Crippen molar-refractivity contribution in [2.45, 2.75) is 38.3 Å². The molecular formula is C17H20N6O. The van der Waals surface area contributed by atoms with Gasteiger partial charge in [-0.15, -0.1) is 0 Å². The highest BCUT2D eigenvalue weighted by molar-refractivity contribution is 5.81. The molecule has 0 radical (unpaired) electrons. The van der Waals surface area contributed by atoms with Crippen LogP contribution in [0.3, 0.4) is 0 Å². The van der Waals surface area contributed by atoms with Crippen molar-refractivity contribution in [1.29, 1.82) is 0 Å². The molecule has 0 amide bonds. The number of pyridine rings is 1. The lowest BCUT2D eigenvalue weighted by Gasteiger charge is -2.32. The van der Waals surface area contributed by atoms with Gasteiger partial charge in [-0.1, -0.05) is 0 Å². The molecule has 1 fully saturated rings. The lowest BCUT2D eigenvalue weighted by molar-refractivity contribution is 0.0237. The third-order valence-electron chi connectivity index (χ3n) is 4.61. The fourth-order valence-corrected chi connectivity index (χ4v) is 3.11. The molecule has 24 heavy (non-hydrogen) atoms. The maximum atomic E-state index is 6.10. The number of nitrogens with two attached hydrogens (primary N) is 1. The van der Waals surface area contributed by atoms with Gasteiger partial charge < -0.3 is 15.0 Å². The summed E-state index contributed by atoms with van der Waals surface area (Å²) in [5.74, 6) is 1.53. The fourth-order valence-electron chi connectivity index (χ4n) is 3.11.